The third kappa shape index (κ3) is 3.61. The Balaban J connectivity index is 1.89. The molecule has 0 saturated heterocycles. The van der Waals surface area contributed by atoms with Crippen LogP contribution in [0.4, 0.5) is 11.5 Å². The first-order chi connectivity index (χ1) is 13.7. The minimum Gasteiger partial charge on any atom is -0.493 e. The van der Waals surface area contributed by atoms with Crippen molar-refractivity contribution >= 4 is 28.4 Å². The maximum Gasteiger partial charge on any atom is 0.262 e. The molecule has 0 aliphatic heterocycles. The fourth-order valence-electron chi connectivity index (χ4n) is 2.77. The number of benzene rings is 2. The lowest BCUT2D eigenvalue weighted by Gasteiger charge is -2.08. The summed E-state index contributed by atoms with van der Waals surface area (Å²) in [7, 11) is 1.57. The van der Waals surface area contributed by atoms with Crippen molar-refractivity contribution in [3.63, 3.8) is 0 Å². The topological polar surface area (TPSA) is 76.7 Å². The van der Waals surface area contributed by atoms with Gasteiger partial charge >= 0.3 is 0 Å². The highest BCUT2D eigenvalue weighted by atomic mass is 16.5. The summed E-state index contributed by atoms with van der Waals surface area (Å²) in [4.78, 5) is 21.6. The molecule has 4 aromatic rings. The van der Waals surface area contributed by atoms with Gasteiger partial charge in [-0.25, -0.2) is 9.98 Å². The second-order valence-corrected chi connectivity index (χ2v) is 5.96. The summed E-state index contributed by atoms with van der Waals surface area (Å²) in [6.07, 6.45) is 1.61. The van der Waals surface area contributed by atoms with E-state index in [0.29, 0.717) is 28.4 Å². The van der Waals surface area contributed by atoms with E-state index in [1.807, 2.05) is 42.5 Å². The van der Waals surface area contributed by atoms with E-state index in [-0.39, 0.29) is 11.5 Å². The van der Waals surface area contributed by atoms with E-state index in [0.717, 1.165) is 5.39 Å². The van der Waals surface area contributed by atoms with Crippen LogP contribution >= 0.6 is 0 Å². The first kappa shape index (κ1) is 17.5. The molecule has 0 saturated carbocycles. The number of hydrogen-bond donors (Lipinski definition) is 1. The molecule has 28 heavy (non-hydrogen) atoms. The van der Waals surface area contributed by atoms with Gasteiger partial charge in [0, 0.05) is 11.6 Å². The number of aromatic nitrogens is 1. The van der Waals surface area contributed by atoms with Crippen molar-refractivity contribution < 1.29 is 13.9 Å². The van der Waals surface area contributed by atoms with Crippen molar-refractivity contribution in [1.29, 1.82) is 0 Å². The highest BCUT2D eigenvalue weighted by Gasteiger charge is 2.15. The minimum absolute atomic E-state index is 0.191. The number of methoxy groups -OCH3 is 1. The lowest BCUT2D eigenvalue weighted by atomic mass is 10.1. The van der Waals surface area contributed by atoms with Gasteiger partial charge < -0.3 is 14.5 Å². The summed E-state index contributed by atoms with van der Waals surface area (Å²) < 4.78 is 11.4. The monoisotopic (exact) mass is 371 g/mol. The highest BCUT2D eigenvalue weighted by molar-refractivity contribution is 6.05. The van der Waals surface area contributed by atoms with Gasteiger partial charge in [-0.15, -0.1) is 0 Å². The Hall–Kier alpha value is -3.93. The largest absolute Gasteiger partial charge is 0.493 e. The SMILES string of the molecule is COc1cccc2cc(C(=O)Nc3ccccn3)c(=Nc3ccccc3)oc12. The second kappa shape index (κ2) is 7.75. The number of ether oxygens (including phenoxy) is 1. The molecule has 2 aromatic carbocycles. The van der Waals surface area contributed by atoms with Gasteiger partial charge in [-0.2, -0.15) is 0 Å². The number of amides is 1. The molecule has 0 atom stereocenters. The molecule has 1 amide bonds. The summed E-state index contributed by atoms with van der Waals surface area (Å²) in [5.74, 6) is 0.657. The second-order valence-electron chi connectivity index (χ2n) is 5.96. The summed E-state index contributed by atoms with van der Waals surface area (Å²) in [5.41, 5.74) is 1.69. The standard InChI is InChI=1S/C22H17N3O3/c1-27-18-11-7-8-15-14-17(21(26)25-19-12-5-6-13-23-19)22(28-20(15)18)24-16-9-3-2-4-10-16/h2-14H,1H3,(H,23,25,26). The number of nitrogens with zero attached hydrogens (tertiary/aromatic N) is 2. The molecular formula is C22H17N3O3. The van der Waals surface area contributed by atoms with Gasteiger partial charge in [-0.05, 0) is 36.4 Å². The number of carbonyl (C=O) groups is 1. The smallest absolute Gasteiger partial charge is 0.262 e. The third-order valence-corrected chi connectivity index (χ3v) is 4.10. The van der Waals surface area contributed by atoms with Crippen LogP contribution in [0.5, 0.6) is 5.75 Å². The van der Waals surface area contributed by atoms with E-state index in [1.165, 1.54) is 0 Å². The first-order valence-electron chi connectivity index (χ1n) is 8.67. The lowest BCUT2D eigenvalue weighted by Crippen LogP contribution is -2.22. The predicted molar refractivity (Wildman–Crippen MR) is 107 cm³/mol. The summed E-state index contributed by atoms with van der Waals surface area (Å²) in [5, 5.41) is 3.51. The third-order valence-electron chi connectivity index (χ3n) is 4.10. The molecule has 4 rings (SSSR count). The van der Waals surface area contributed by atoms with Crippen LogP contribution < -0.4 is 15.6 Å². The molecule has 138 valence electrons. The molecule has 2 aromatic heterocycles. The number of nitrogens with one attached hydrogen (secondary N) is 1. The molecule has 0 bridgehead atoms. The van der Waals surface area contributed by atoms with Crippen LogP contribution in [0.1, 0.15) is 10.4 Å². The summed E-state index contributed by atoms with van der Waals surface area (Å²) in [6.45, 7) is 0. The quantitative estimate of drug-likeness (QED) is 0.579. The van der Waals surface area contributed by atoms with E-state index in [2.05, 4.69) is 15.3 Å². The van der Waals surface area contributed by atoms with E-state index in [1.54, 1.807) is 43.6 Å². The molecule has 0 aliphatic rings. The average molecular weight is 371 g/mol. The number of para-hydroxylation sites is 2. The fraction of sp³-hybridized carbons (Fsp3) is 0.0455. The molecule has 0 aliphatic carbocycles. The number of rotatable bonds is 4. The number of pyridine rings is 1. The van der Waals surface area contributed by atoms with Gasteiger partial charge in [0.1, 0.15) is 11.4 Å². The normalized spacial score (nSPS) is 11.4. The van der Waals surface area contributed by atoms with Crippen LogP contribution in [0.25, 0.3) is 11.0 Å². The number of anilines is 1. The summed E-state index contributed by atoms with van der Waals surface area (Å²) in [6, 6.07) is 21.8. The van der Waals surface area contributed by atoms with Crippen LogP contribution in [-0.2, 0) is 0 Å². The van der Waals surface area contributed by atoms with E-state index in [9.17, 15) is 4.79 Å². The Labute approximate surface area is 161 Å². The zero-order valence-electron chi connectivity index (χ0n) is 15.1. The molecule has 0 unspecified atom stereocenters. The van der Waals surface area contributed by atoms with E-state index < -0.39 is 0 Å². The molecule has 2 heterocycles. The highest BCUT2D eigenvalue weighted by Crippen LogP contribution is 2.25. The fourth-order valence-corrected chi connectivity index (χ4v) is 2.77. The maximum absolute atomic E-state index is 12.9. The Bertz CT molecular complexity index is 1190. The number of carbonyl (C=O) groups excluding carboxylic acids is 1. The van der Waals surface area contributed by atoms with E-state index in [4.69, 9.17) is 9.15 Å². The average Bonchev–Trinajstić information content (AvgIpc) is 2.74. The molecule has 0 fully saturated rings. The van der Waals surface area contributed by atoms with Crippen molar-refractivity contribution in [2.24, 2.45) is 4.99 Å². The Kier molecular flexibility index (Phi) is 4.84. The van der Waals surface area contributed by atoms with Gasteiger partial charge in [-0.1, -0.05) is 36.4 Å². The van der Waals surface area contributed by atoms with Crippen LogP contribution in [0.2, 0.25) is 0 Å². The first-order valence-corrected chi connectivity index (χ1v) is 8.67. The van der Waals surface area contributed by atoms with Crippen LogP contribution in [0.3, 0.4) is 0 Å². The molecule has 1 N–H and O–H groups in total. The zero-order chi connectivity index (χ0) is 19.3. The van der Waals surface area contributed by atoms with Gasteiger partial charge in [-0.3, -0.25) is 4.79 Å². The molecule has 6 nitrogen and oxygen atoms in total. The minimum atomic E-state index is -0.359. The van der Waals surface area contributed by atoms with Gasteiger partial charge in [0.2, 0.25) is 5.55 Å². The number of fused-ring (bicyclic) bond motifs is 1. The van der Waals surface area contributed by atoms with Crippen LogP contribution in [-0.4, -0.2) is 18.0 Å². The molecule has 0 spiro atoms. The Morgan fingerprint density at radius 3 is 2.61 bits per heavy atom. The van der Waals surface area contributed by atoms with Gasteiger partial charge in [0.25, 0.3) is 5.91 Å². The maximum atomic E-state index is 12.9. The van der Waals surface area contributed by atoms with Gasteiger partial charge in [0.05, 0.1) is 12.8 Å². The van der Waals surface area contributed by atoms with Crippen LogP contribution in [0, 0.1) is 0 Å². The summed E-state index contributed by atoms with van der Waals surface area (Å²) >= 11 is 0. The predicted octanol–water partition coefficient (Wildman–Crippen LogP) is 4.32. The van der Waals surface area contributed by atoms with Crippen molar-refractivity contribution in [3.05, 3.63) is 90.1 Å². The Morgan fingerprint density at radius 1 is 1.04 bits per heavy atom. The number of hydrogen-bond acceptors (Lipinski definition) is 5. The van der Waals surface area contributed by atoms with Crippen molar-refractivity contribution in [2.75, 3.05) is 12.4 Å². The van der Waals surface area contributed by atoms with Crippen molar-refractivity contribution in [3.8, 4) is 5.75 Å². The molecule has 6 heteroatoms. The van der Waals surface area contributed by atoms with Crippen molar-refractivity contribution in [1.82, 2.24) is 4.98 Å². The zero-order valence-corrected chi connectivity index (χ0v) is 15.1. The molecule has 0 radical (unpaired) electrons. The van der Waals surface area contributed by atoms with Crippen molar-refractivity contribution in [2.45, 2.75) is 0 Å². The Morgan fingerprint density at radius 2 is 1.86 bits per heavy atom. The lowest BCUT2D eigenvalue weighted by molar-refractivity contribution is 0.102. The van der Waals surface area contributed by atoms with Crippen LogP contribution in [0.15, 0.2) is 88.4 Å². The van der Waals surface area contributed by atoms with Gasteiger partial charge in [0.15, 0.2) is 11.3 Å². The molecular weight excluding hydrogens is 354 g/mol. The van der Waals surface area contributed by atoms with E-state index >= 15 is 0 Å².